The van der Waals surface area contributed by atoms with Crippen LogP contribution < -0.4 is 4.90 Å². The lowest BCUT2D eigenvalue weighted by Gasteiger charge is -2.31. The molecule has 1 aliphatic rings. The fourth-order valence-corrected chi connectivity index (χ4v) is 1.43. The smallest absolute Gasteiger partial charge is 0.128 e. The topological polar surface area (TPSA) is 56.6 Å². The van der Waals surface area contributed by atoms with Crippen molar-refractivity contribution in [2.24, 2.45) is 0 Å². The fourth-order valence-electron chi connectivity index (χ4n) is 1.43. The lowest BCUT2D eigenvalue weighted by atomic mass is 9.90. The number of hydrogen-bond acceptors (Lipinski definition) is 4. The van der Waals surface area contributed by atoms with Gasteiger partial charge in [0.05, 0.1) is 11.2 Å². The predicted molar refractivity (Wildman–Crippen MR) is 87.5 cm³/mol. The van der Waals surface area contributed by atoms with Gasteiger partial charge >= 0.3 is 0 Å². The Kier molecular flexibility index (Phi) is 5.99. The Hall–Kier alpha value is -1.33. The van der Waals surface area contributed by atoms with Crippen LogP contribution in [-0.2, 0) is 0 Å². The SMILES string of the molecule is CC(C)(O)C(C)(C)O.[B]C1=CCN(c2ccccn2)CC1. The molecule has 4 nitrogen and oxygen atoms in total. The number of rotatable bonds is 2. The second-order valence-electron chi connectivity index (χ2n) is 6.28. The van der Waals surface area contributed by atoms with E-state index in [9.17, 15) is 0 Å². The van der Waals surface area contributed by atoms with Gasteiger partial charge in [0.15, 0.2) is 0 Å². The van der Waals surface area contributed by atoms with Crippen LogP contribution in [0.4, 0.5) is 5.82 Å². The largest absolute Gasteiger partial charge is 0.387 e. The van der Waals surface area contributed by atoms with Crippen molar-refractivity contribution in [2.75, 3.05) is 18.0 Å². The van der Waals surface area contributed by atoms with E-state index in [0.29, 0.717) is 0 Å². The molecule has 0 aliphatic carbocycles. The van der Waals surface area contributed by atoms with Gasteiger partial charge in [0.1, 0.15) is 13.7 Å². The third-order valence-electron chi connectivity index (χ3n) is 3.71. The molecule has 0 spiro atoms. The average Bonchev–Trinajstić information content (AvgIpc) is 2.39. The first kappa shape index (κ1) is 17.7. The number of aliphatic hydroxyl groups is 2. The van der Waals surface area contributed by atoms with Gasteiger partial charge < -0.3 is 15.1 Å². The van der Waals surface area contributed by atoms with E-state index < -0.39 is 11.2 Å². The maximum absolute atomic E-state index is 9.10. The van der Waals surface area contributed by atoms with E-state index >= 15 is 0 Å². The molecule has 1 aromatic heterocycles. The second-order valence-corrected chi connectivity index (χ2v) is 6.28. The van der Waals surface area contributed by atoms with Crippen molar-refractivity contribution >= 4 is 13.7 Å². The van der Waals surface area contributed by atoms with Crippen molar-refractivity contribution in [2.45, 2.75) is 45.3 Å². The minimum atomic E-state index is -1.01. The maximum atomic E-state index is 9.10. The molecule has 0 amide bonds. The first-order valence-electron chi connectivity index (χ1n) is 7.16. The van der Waals surface area contributed by atoms with E-state index in [-0.39, 0.29) is 0 Å². The number of anilines is 1. The Balaban J connectivity index is 0.000000240. The van der Waals surface area contributed by atoms with Crippen LogP contribution in [0.15, 0.2) is 35.9 Å². The summed E-state index contributed by atoms with van der Waals surface area (Å²) in [7, 11) is 5.69. The molecular weight excluding hydrogens is 263 g/mol. The van der Waals surface area contributed by atoms with E-state index in [1.165, 1.54) is 0 Å². The van der Waals surface area contributed by atoms with Crippen molar-refractivity contribution in [3.05, 3.63) is 35.9 Å². The summed E-state index contributed by atoms with van der Waals surface area (Å²) in [5.41, 5.74) is -1.02. The van der Waals surface area contributed by atoms with Crippen molar-refractivity contribution in [1.82, 2.24) is 4.98 Å². The first-order chi connectivity index (χ1) is 9.61. The summed E-state index contributed by atoms with van der Waals surface area (Å²) in [6.45, 7) is 8.15. The second kappa shape index (κ2) is 7.10. The molecule has 0 saturated heterocycles. The lowest BCUT2D eigenvalue weighted by Crippen LogP contribution is -2.44. The van der Waals surface area contributed by atoms with Gasteiger partial charge in [0.2, 0.25) is 0 Å². The zero-order valence-corrected chi connectivity index (χ0v) is 13.4. The van der Waals surface area contributed by atoms with Gasteiger partial charge in [-0.3, -0.25) is 0 Å². The molecule has 21 heavy (non-hydrogen) atoms. The molecule has 0 fully saturated rings. The van der Waals surface area contributed by atoms with Crippen LogP contribution in [0.5, 0.6) is 0 Å². The molecule has 2 N–H and O–H groups in total. The number of hydrogen-bond donors (Lipinski definition) is 2. The van der Waals surface area contributed by atoms with Gasteiger partial charge in [-0.05, 0) is 46.2 Å². The van der Waals surface area contributed by atoms with Crippen molar-refractivity contribution in [3.63, 3.8) is 0 Å². The van der Waals surface area contributed by atoms with E-state index in [1.807, 2.05) is 24.4 Å². The Labute approximate surface area is 128 Å². The highest BCUT2D eigenvalue weighted by Gasteiger charge is 2.31. The zero-order chi connectivity index (χ0) is 16.1. The molecule has 0 bridgehead atoms. The molecular formula is C16H25BN2O2. The molecule has 2 rings (SSSR count). The third kappa shape index (κ3) is 5.90. The molecule has 114 valence electrons. The normalized spacial score (nSPS) is 15.9. The van der Waals surface area contributed by atoms with Gasteiger partial charge in [0, 0.05) is 19.3 Å². The highest BCUT2D eigenvalue weighted by Crippen LogP contribution is 2.19. The van der Waals surface area contributed by atoms with Gasteiger partial charge in [-0.15, -0.1) is 5.47 Å². The summed E-state index contributed by atoms with van der Waals surface area (Å²) in [5.74, 6) is 1.03. The molecule has 0 unspecified atom stereocenters. The Bertz CT molecular complexity index is 449. The summed E-state index contributed by atoms with van der Waals surface area (Å²) in [5, 5.41) is 18.2. The van der Waals surface area contributed by atoms with Gasteiger partial charge in [-0.2, -0.15) is 0 Å². The molecule has 0 aromatic carbocycles. The van der Waals surface area contributed by atoms with Crippen LogP contribution in [0, 0.1) is 0 Å². The van der Waals surface area contributed by atoms with Crippen LogP contribution in [0.1, 0.15) is 34.1 Å². The molecule has 1 aromatic rings. The molecule has 2 heterocycles. The van der Waals surface area contributed by atoms with Crippen LogP contribution in [0.3, 0.4) is 0 Å². The van der Waals surface area contributed by atoms with E-state index in [1.54, 1.807) is 27.7 Å². The number of nitrogens with zero attached hydrogens (tertiary/aromatic N) is 2. The average molecular weight is 288 g/mol. The standard InChI is InChI=1S/C10H11BN2.C6H14O2/c11-9-4-7-13(8-5-9)10-3-1-2-6-12-10;1-5(2,7)6(3,4)8/h1-4,6H,5,7-8H2;7-8H,1-4H3. The van der Waals surface area contributed by atoms with Gasteiger partial charge in [-0.25, -0.2) is 4.98 Å². The summed E-state index contributed by atoms with van der Waals surface area (Å²) in [6, 6.07) is 5.96. The summed E-state index contributed by atoms with van der Waals surface area (Å²) < 4.78 is 0. The van der Waals surface area contributed by atoms with E-state index in [4.69, 9.17) is 18.1 Å². The summed E-state index contributed by atoms with van der Waals surface area (Å²) >= 11 is 0. The quantitative estimate of drug-likeness (QED) is 0.816. The minimum Gasteiger partial charge on any atom is -0.387 e. The Morgan fingerprint density at radius 1 is 1.14 bits per heavy atom. The third-order valence-corrected chi connectivity index (χ3v) is 3.71. The lowest BCUT2D eigenvalue weighted by molar-refractivity contribution is -0.107. The molecule has 2 radical (unpaired) electrons. The Morgan fingerprint density at radius 2 is 1.76 bits per heavy atom. The minimum absolute atomic E-state index is 0.878. The fraction of sp³-hybridized carbons (Fsp3) is 0.562. The summed E-state index contributed by atoms with van der Waals surface area (Å²) in [6.07, 6.45) is 4.81. The number of aromatic nitrogens is 1. The predicted octanol–water partition coefficient (Wildman–Crippen LogP) is 1.87. The van der Waals surface area contributed by atoms with Crippen molar-refractivity contribution in [3.8, 4) is 0 Å². The van der Waals surface area contributed by atoms with Crippen LogP contribution in [-0.4, -0.2) is 47.3 Å². The Morgan fingerprint density at radius 3 is 2.14 bits per heavy atom. The molecule has 0 saturated carbocycles. The van der Waals surface area contributed by atoms with Gasteiger partial charge in [0.25, 0.3) is 0 Å². The molecule has 5 heteroatoms. The van der Waals surface area contributed by atoms with Crippen LogP contribution in [0.2, 0.25) is 0 Å². The highest BCUT2D eigenvalue weighted by molar-refractivity contribution is 6.21. The molecule has 1 aliphatic heterocycles. The van der Waals surface area contributed by atoms with Crippen LogP contribution >= 0.6 is 0 Å². The highest BCUT2D eigenvalue weighted by atomic mass is 16.3. The van der Waals surface area contributed by atoms with Crippen LogP contribution in [0.25, 0.3) is 0 Å². The summed E-state index contributed by atoms with van der Waals surface area (Å²) in [4.78, 5) is 6.50. The van der Waals surface area contributed by atoms with Crippen molar-refractivity contribution in [1.29, 1.82) is 0 Å². The monoisotopic (exact) mass is 288 g/mol. The van der Waals surface area contributed by atoms with Crippen molar-refractivity contribution < 1.29 is 10.2 Å². The maximum Gasteiger partial charge on any atom is 0.128 e. The van der Waals surface area contributed by atoms with E-state index in [0.717, 1.165) is 30.8 Å². The van der Waals surface area contributed by atoms with Gasteiger partial charge in [-0.1, -0.05) is 12.1 Å². The molecule has 0 atom stereocenters. The first-order valence-corrected chi connectivity index (χ1v) is 7.16. The number of pyridine rings is 1. The van der Waals surface area contributed by atoms with E-state index in [2.05, 4.69) is 16.0 Å². The zero-order valence-electron chi connectivity index (χ0n) is 13.4.